The summed E-state index contributed by atoms with van der Waals surface area (Å²) in [5, 5.41) is 7.09. The quantitative estimate of drug-likeness (QED) is 0.815. The van der Waals surface area contributed by atoms with Crippen LogP contribution in [0.25, 0.3) is 0 Å². The highest BCUT2D eigenvalue weighted by molar-refractivity contribution is 7.13. The molecule has 0 saturated carbocycles. The highest BCUT2D eigenvalue weighted by Gasteiger charge is 2.25. The van der Waals surface area contributed by atoms with Gasteiger partial charge >= 0.3 is 0 Å². The number of carbonyl (C=O) groups is 1. The second kappa shape index (κ2) is 7.42. The van der Waals surface area contributed by atoms with Gasteiger partial charge in [0.15, 0.2) is 5.13 Å². The van der Waals surface area contributed by atoms with Crippen LogP contribution in [0.15, 0.2) is 17.6 Å². The molecule has 0 radical (unpaired) electrons. The van der Waals surface area contributed by atoms with Gasteiger partial charge in [-0.15, -0.1) is 11.3 Å². The topological polar surface area (TPSA) is 63.5 Å². The van der Waals surface area contributed by atoms with Gasteiger partial charge in [0.05, 0.1) is 31.5 Å². The third-order valence-electron chi connectivity index (χ3n) is 4.14. The molecule has 3 heterocycles. The number of thiazole rings is 1. The van der Waals surface area contributed by atoms with Gasteiger partial charge in [0, 0.05) is 37.4 Å². The molecule has 2 aromatic rings. The number of likely N-dealkylation sites (N-methyl/N-ethyl adjacent to an activating group) is 1. The van der Waals surface area contributed by atoms with E-state index in [0.29, 0.717) is 19.7 Å². The third-order valence-corrected chi connectivity index (χ3v) is 4.99. The summed E-state index contributed by atoms with van der Waals surface area (Å²) in [6, 6.07) is 2.06. The summed E-state index contributed by atoms with van der Waals surface area (Å²) in [7, 11) is 1.77. The van der Waals surface area contributed by atoms with Gasteiger partial charge in [0.1, 0.15) is 0 Å². The number of carbonyl (C=O) groups excluding carboxylic acids is 1. The Balaban J connectivity index is 1.55. The van der Waals surface area contributed by atoms with Gasteiger partial charge in [-0.1, -0.05) is 0 Å². The molecular weight excluding hydrogens is 326 g/mol. The van der Waals surface area contributed by atoms with Gasteiger partial charge < -0.3 is 4.74 Å². The second-order valence-corrected chi connectivity index (χ2v) is 6.98. The molecule has 3 rings (SSSR count). The fourth-order valence-corrected chi connectivity index (χ4v) is 3.50. The fourth-order valence-electron chi connectivity index (χ4n) is 2.87. The molecule has 1 atom stereocenters. The highest BCUT2D eigenvalue weighted by atomic mass is 32.1. The maximum absolute atomic E-state index is 12.4. The van der Waals surface area contributed by atoms with Crippen molar-refractivity contribution in [1.29, 1.82) is 0 Å². The summed E-state index contributed by atoms with van der Waals surface area (Å²) in [5.41, 5.74) is 2.15. The number of anilines is 1. The lowest BCUT2D eigenvalue weighted by Gasteiger charge is -2.33. The Hall–Kier alpha value is -1.77. The van der Waals surface area contributed by atoms with Crippen LogP contribution in [0.4, 0.5) is 5.13 Å². The van der Waals surface area contributed by atoms with E-state index in [0.717, 1.165) is 29.6 Å². The Morgan fingerprint density at radius 2 is 2.33 bits per heavy atom. The summed E-state index contributed by atoms with van der Waals surface area (Å²) in [6.07, 6.45) is 1.76. The molecule has 1 fully saturated rings. The minimum atomic E-state index is 0.0507. The zero-order valence-corrected chi connectivity index (χ0v) is 15.1. The Bertz CT molecular complexity index is 685. The van der Waals surface area contributed by atoms with Crippen LogP contribution < -0.4 is 4.90 Å². The van der Waals surface area contributed by atoms with Crippen LogP contribution in [0, 0.1) is 13.8 Å². The minimum Gasteiger partial charge on any atom is -0.374 e. The number of hydrogen-bond acceptors (Lipinski definition) is 6. The summed E-state index contributed by atoms with van der Waals surface area (Å²) in [5.74, 6) is 0.0525. The van der Waals surface area contributed by atoms with E-state index in [2.05, 4.69) is 21.0 Å². The van der Waals surface area contributed by atoms with Gasteiger partial charge in [-0.25, -0.2) is 4.98 Å². The fraction of sp³-hybridized carbons (Fsp3) is 0.562. The molecule has 24 heavy (non-hydrogen) atoms. The van der Waals surface area contributed by atoms with Crippen molar-refractivity contribution in [3.63, 3.8) is 0 Å². The Labute approximate surface area is 145 Å². The molecule has 1 aliphatic heterocycles. The number of ether oxygens (including phenoxy) is 1. The van der Waals surface area contributed by atoms with Gasteiger partial charge in [-0.2, -0.15) is 5.10 Å². The first-order chi connectivity index (χ1) is 11.5. The molecule has 1 saturated heterocycles. The number of aryl methyl sites for hydroxylation is 2. The van der Waals surface area contributed by atoms with E-state index in [1.165, 1.54) is 11.3 Å². The Morgan fingerprint density at radius 1 is 1.50 bits per heavy atom. The molecule has 7 nitrogen and oxygen atoms in total. The first-order valence-corrected chi connectivity index (χ1v) is 8.92. The summed E-state index contributed by atoms with van der Waals surface area (Å²) in [6.45, 7) is 7.27. The molecule has 0 spiro atoms. The SMILES string of the molecule is Cc1cc(C)n(C[C@@H]2CN(CC(=O)N(C)c3nccs3)CCO2)n1. The molecule has 0 aromatic carbocycles. The van der Waals surface area contributed by atoms with E-state index in [9.17, 15) is 4.79 Å². The second-order valence-electron chi connectivity index (χ2n) is 6.10. The number of morpholine rings is 1. The van der Waals surface area contributed by atoms with Gasteiger partial charge in [0.25, 0.3) is 0 Å². The van der Waals surface area contributed by atoms with Crippen molar-refractivity contribution in [3.05, 3.63) is 29.0 Å². The predicted octanol–water partition coefficient (Wildman–Crippen LogP) is 1.32. The number of aromatic nitrogens is 3. The van der Waals surface area contributed by atoms with Gasteiger partial charge in [-0.3, -0.25) is 19.3 Å². The van der Waals surface area contributed by atoms with Crippen LogP contribution in [0.2, 0.25) is 0 Å². The van der Waals surface area contributed by atoms with E-state index in [1.807, 2.05) is 23.9 Å². The van der Waals surface area contributed by atoms with Crippen LogP contribution in [0.5, 0.6) is 0 Å². The van der Waals surface area contributed by atoms with E-state index in [4.69, 9.17) is 4.74 Å². The molecule has 1 aliphatic rings. The zero-order chi connectivity index (χ0) is 17.1. The van der Waals surface area contributed by atoms with Crippen LogP contribution in [-0.4, -0.2) is 65.0 Å². The molecule has 2 aromatic heterocycles. The lowest BCUT2D eigenvalue weighted by Crippen LogP contribution is -2.48. The largest absolute Gasteiger partial charge is 0.374 e. The monoisotopic (exact) mass is 349 g/mol. The first-order valence-electron chi connectivity index (χ1n) is 8.04. The maximum atomic E-state index is 12.4. The summed E-state index contributed by atoms with van der Waals surface area (Å²) in [4.78, 5) is 20.4. The van der Waals surface area contributed by atoms with Crippen molar-refractivity contribution in [2.45, 2.75) is 26.5 Å². The van der Waals surface area contributed by atoms with E-state index in [1.54, 1.807) is 18.1 Å². The first kappa shape index (κ1) is 17.1. The normalized spacial score (nSPS) is 18.7. The van der Waals surface area contributed by atoms with Crippen molar-refractivity contribution in [2.24, 2.45) is 0 Å². The average molecular weight is 349 g/mol. The highest BCUT2D eigenvalue weighted by Crippen LogP contribution is 2.16. The van der Waals surface area contributed by atoms with E-state index >= 15 is 0 Å². The molecule has 1 amide bonds. The van der Waals surface area contributed by atoms with E-state index < -0.39 is 0 Å². The van der Waals surface area contributed by atoms with Crippen LogP contribution in [0.1, 0.15) is 11.4 Å². The van der Waals surface area contributed by atoms with Gasteiger partial charge in [0.2, 0.25) is 5.91 Å². The van der Waals surface area contributed by atoms with Crippen LogP contribution in [0.3, 0.4) is 0 Å². The lowest BCUT2D eigenvalue weighted by atomic mass is 10.2. The minimum absolute atomic E-state index is 0.0507. The summed E-state index contributed by atoms with van der Waals surface area (Å²) < 4.78 is 7.83. The Kier molecular flexibility index (Phi) is 5.27. The van der Waals surface area contributed by atoms with Crippen molar-refractivity contribution in [2.75, 3.05) is 38.2 Å². The molecular formula is C16H23N5O2S. The van der Waals surface area contributed by atoms with Crippen LogP contribution >= 0.6 is 11.3 Å². The predicted molar refractivity (Wildman–Crippen MR) is 93.4 cm³/mol. The molecule has 130 valence electrons. The maximum Gasteiger partial charge on any atom is 0.242 e. The standard InChI is InChI=1S/C16H23N5O2S/c1-12-8-13(2)21(18-12)10-14-9-20(5-6-23-14)11-15(22)19(3)16-17-4-7-24-16/h4,7-8,14H,5-6,9-11H2,1-3H3/t14-/m0/s1. The van der Waals surface area contributed by atoms with Crippen molar-refractivity contribution >= 4 is 22.4 Å². The molecule has 8 heteroatoms. The number of hydrogen-bond donors (Lipinski definition) is 0. The Morgan fingerprint density at radius 3 is 3.00 bits per heavy atom. The zero-order valence-electron chi connectivity index (χ0n) is 14.3. The van der Waals surface area contributed by atoms with E-state index in [-0.39, 0.29) is 12.0 Å². The average Bonchev–Trinajstić information content (AvgIpc) is 3.17. The number of amides is 1. The van der Waals surface area contributed by atoms with Gasteiger partial charge in [-0.05, 0) is 19.9 Å². The molecule has 0 N–H and O–H groups in total. The smallest absolute Gasteiger partial charge is 0.242 e. The summed E-state index contributed by atoms with van der Waals surface area (Å²) >= 11 is 1.47. The van der Waals surface area contributed by atoms with Crippen molar-refractivity contribution in [3.8, 4) is 0 Å². The molecule has 0 bridgehead atoms. The van der Waals surface area contributed by atoms with Crippen molar-refractivity contribution in [1.82, 2.24) is 19.7 Å². The third kappa shape index (κ3) is 4.00. The lowest BCUT2D eigenvalue weighted by molar-refractivity contribution is -0.121. The molecule has 0 aliphatic carbocycles. The van der Waals surface area contributed by atoms with Crippen molar-refractivity contribution < 1.29 is 9.53 Å². The number of rotatable bonds is 5. The van der Waals surface area contributed by atoms with Crippen LogP contribution in [-0.2, 0) is 16.1 Å². The number of nitrogens with zero attached hydrogens (tertiary/aromatic N) is 5. The molecule has 0 unspecified atom stereocenters.